The summed E-state index contributed by atoms with van der Waals surface area (Å²) < 4.78 is 69.3. The van der Waals surface area contributed by atoms with Gasteiger partial charge in [0.2, 0.25) is 0 Å². The third kappa shape index (κ3) is 5.50. The molecular weight excluding hydrogens is 725 g/mol. The van der Waals surface area contributed by atoms with E-state index in [0.717, 1.165) is 71.6 Å². The second-order valence-electron chi connectivity index (χ2n) is 15.2. The number of aromatic nitrogens is 2. The summed E-state index contributed by atoms with van der Waals surface area (Å²) in [6.45, 7) is 0. The van der Waals surface area contributed by atoms with Gasteiger partial charge >= 0.3 is 0 Å². The molecule has 2 aromatic heterocycles. The molecule has 0 amide bonds. The topological polar surface area (TPSA) is 9.86 Å². The fourth-order valence-corrected chi connectivity index (χ4v) is 8.98. The van der Waals surface area contributed by atoms with Crippen LogP contribution in [0, 0.1) is 0 Å². The lowest BCUT2D eigenvalue weighted by atomic mass is 9.97. The summed E-state index contributed by atoms with van der Waals surface area (Å²) in [4.78, 5) is 0. The highest BCUT2D eigenvalue weighted by molar-refractivity contribution is 6.17. The minimum atomic E-state index is -0.426. The monoisotopic (exact) mass is 769 g/mol. The number of rotatable bonds is 6. The van der Waals surface area contributed by atoms with E-state index < -0.39 is 12.1 Å². The van der Waals surface area contributed by atoms with Crippen molar-refractivity contribution in [2.75, 3.05) is 0 Å². The van der Waals surface area contributed by atoms with Gasteiger partial charge in [-0.3, -0.25) is 0 Å². The molecule has 0 aliphatic heterocycles. The van der Waals surface area contributed by atoms with Crippen molar-refractivity contribution in [3.8, 4) is 55.9 Å². The number of hydrogen-bond donors (Lipinski definition) is 0. The van der Waals surface area contributed by atoms with Crippen molar-refractivity contribution in [2.45, 2.75) is 0 Å². The summed E-state index contributed by atoms with van der Waals surface area (Å²) in [7, 11) is 0. The minimum Gasteiger partial charge on any atom is -0.309 e. The van der Waals surface area contributed by atoms with Crippen LogP contribution in [-0.2, 0) is 0 Å². The van der Waals surface area contributed by atoms with E-state index in [4.69, 9.17) is 2.74 Å². The van der Waals surface area contributed by atoms with E-state index in [-0.39, 0.29) is 57.6 Å². The zero-order valence-electron chi connectivity index (χ0n) is 39.3. The third-order valence-electron chi connectivity index (χ3n) is 11.8. The summed E-state index contributed by atoms with van der Waals surface area (Å²) in [5.74, 6) is 0. The van der Waals surface area contributed by atoms with Crippen molar-refractivity contribution in [1.29, 1.82) is 0 Å². The fourth-order valence-electron chi connectivity index (χ4n) is 8.98. The Morgan fingerprint density at radius 1 is 0.317 bits per heavy atom. The molecule has 12 aromatic rings. The van der Waals surface area contributed by atoms with E-state index in [0.29, 0.717) is 11.3 Å². The molecule has 2 heterocycles. The van der Waals surface area contributed by atoms with Gasteiger partial charge in [0.05, 0.1) is 31.7 Å². The first kappa shape index (κ1) is 27.7. The molecule has 10 aromatic carbocycles. The molecule has 0 fully saturated rings. The SMILES string of the molecule is [2H]c1c([2H])c([2H])c2c(c1[2H])c1c([2H])c(-c3ccc4c(c3)c3c(-c5ccccc5)cccc3n4-c3ccc(-c4ccccc4)cc3)c([2H])c([2H])c1n2-c1ccc(-c2cccc3ccccc23)cc1. The summed E-state index contributed by atoms with van der Waals surface area (Å²) in [5.41, 5.74) is 10.8. The standard InChI is InChI=1S/C58H38N2/c1-3-13-39(14-4-1)40-25-31-47(32-26-40)60-56-36-30-45(38-53(56)58-50(22-12-24-57(58)60)42-15-5-2-6-16-42)44-29-35-55-52(37-44)51-20-9-10-23-54(51)59(55)46-33-27-43(28-34-46)49-21-11-18-41-17-7-8-19-48(41)49/h1-38H/i9D,10D,20D,23D,29D,35D,37D. The van der Waals surface area contributed by atoms with Crippen molar-refractivity contribution < 1.29 is 9.60 Å². The van der Waals surface area contributed by atoms with Crippen LogP contribution in [0.5, 0.6) is 0 Å². The molecule has 0 bridgehead atoms. The fraction of sp³-hybridized carbons (Fsp3) is 0. The average molecular weight is 770 g/mol. The smallest absolute Gasteiger partial charge is 0.0645 e. The zero-order chi connectivity index (χ0) is 45.7. The average Bonchev–Trinajstić information content (AvgIpc) is 3.92. The van der Waals surface area contributed by atoms with Crippen LogP contribution in [0.1, 0.15) is 9.60 Å². The van der Waals surface area contributed by atoms with E-state index in [9.17, 15) is 6.85 Å². The molecule has 12 rings (SSSR count). The van der Waals surface area contributed by atoms with Crippen molar-refractivity contribution in [2.24, 2.45) is 0 Å². The highest BCUT2D eigenvalue weighted by Crippen LogP contribution is 2.42. The van der Waals surface area contributed by atoms with Crippen LogP contribution < -0.4 is 0 Å². The molecule has 0 atom stereocenters. The predicted molar refractivity (Wildman–Crippen MR) is 254 cm³/mol. The minimum absolute atomic E-state index is 0.0833. The highest BCUT2D eigenvalue weighted by Gasteiger charge is 2.19. The summed E-state index contributed by atoms with van der Waals surface area (Å²) in [6.07, 6.45) is 0. The normalized spacial score (nSPS) is 13.3. The van der Waals surface area contributed by atoms with E-state index in [1.807, 2.05) is 97.1 Å². The van der Waals surface area contributed by atoms with Gasteiger partial charge in [0.1, 0.15) is 0 Å². The molecule has 280 valence electrons. The zero-order valence-corrected chi connectivity index (χ0v) is 32.3. The number of nitrogens with zero attached hydrogens (tertiary/aromatic N) is 2. The predicted octanol–water partition coefficient (Wildman–Crippen LogP) is 15.7. The van der Waals surface area contributed by atoms with Gasteiger partial charge in [-0.2, -0.15) is 0 Å². The maximum absolute atomic E-state index is 9.99. The van der Waals surface area contributed by atoms with Crippen LogP contribution >= 0.6 is 0 Å². The van der Waals surface area contributed by atoms with Crippen molar-refractivity contribution >= 4 is 54.4 Å². The van der Waals surface area contributed by atoms with Crippen LogP contribution in [0.15, 0.2) is 230 Å². The number of hydrogen-bond acceptors (Lipinski definition) is 0. The molecule has 0 spiro atoms. The Bertz CT molecular complexity index is 3960. The van der Waals surface area contributed by atoms with Crippen molar-refractivity contribution in [1.82, 2.24) is 9.13 Å². The third-order valence-corrected chi connectivity index (χ3v) is 11.8. The lowest BCUT2D eigenvalue weighted by Gasteiger charge is -2.11. The number of benzene rings is 10. The first-order chi connectivity index (χ1) is 32.7. The van der Waals surface area contributed by atoms with Gasteiger partial charge < -0.3 is 9.13 Å². The molecule has 60 heavy (non-hydrogen) atoms. The maximum atomic E-state index is 9.99. The summed E-state index contributed by atoms with van der Waals surface area (Å²) in [5, 5.41) is 4.45. The lowest BCUT2D eigenvalue weighted by molar-refractivity contribution is 1.18. The largest absolute Gasteiger partial charge is 0.309 e. The van der Waals surface area contributed by atoms with Crippen LogP contribution in [0.25, 0.3) is 110 Å². The molecule has 2 nitrogen and oxygen atoms in total. The summed E-state index contributed by atoms with van der Waals surface area (Å²) >= 11 is 0. The van der Waals surface area contributed by atoms with Crippen LogP contribution in [0.3, 0.4) is 0 Å². The second-order valence-corrected chi connectivity index (χ2v) is 15.2. The Balaban J connectivity index is 1.10. The van der Waals surface area contributed by atoms with Gasteiger partial charge in [-0.15, -0.1) is 0 Å². The Kier molecular flexibility index (Phi) is 6.39. The first-order valence-electron chi connectivity index (χ1n) is 23.6. The second kappa shape index (κ2) is 13.9. The van der Waals surface area contributed by atoms with Gasteiger partial charge in [0.25, 0.3) is 0 Å². The summed E-state index contributed by atoms with van der Waals surface area (Å²) in [6, 6.07) is 61.4. The molecule has 0 aliphatic rings. The molecule has 0 N–H and O–H groups in total. The van der Waals surface area contributed by atoms with E-state index in [2.05, 4.69) is 95.6 Å². The van der Waals surface area contributed by atoms with Crippen molar-refractivity contribution in [3.63, 3.8) is 0 Å². The van der Waals surface area contributed by atoms with Crippen LogP contribution in [-0.4, -0.2) is 9.13 Å². The van der Waals surface area contributed by atoms with Gasteiger partial charge in [0.15, 0.2) is 0 Å². The van der Waals surface area contributed by atoms with Gasteiger partial charge in [-0.25, -0.2) is 0 Å². The Morgan fingerprint density at radius 2 is 0.900 bits per heavy atom. The molecule has 0 saturated heterocycles. The van der Waals surface area contributed by atoms with Crippen LogP contribution in [0.2, 0.25) is 0 Å². The molecule has 0 unspecified atom stereocenters. The quantitative estimate of drug-likeness (QED) is 0.159. The number of fused-ring (bicyclic) bond motifs is 7. The Morgan fingerprint density at radius 3 is 1.70 bits per heavy atom. The first-order valence-corrected chi connectivity index (χ1v) is 20.1. The molecule has 0 radical (unpaired) electrons. The van der Waals surface area contributed by atoms with E-state index in [1.54, 1.807) is 4.57 Å². The van der Waals surface area contributed by atoms with Crippen molar-refractivity contribution in [3.05, 3.63) is 230 Å². The molecule has 2 heteroatoms. The lowest BCUT2D eigenvalue weighted by Crippen LogP contribution is -1.94. The van der Waals surface area contributed by atoms with Gasteiger partial charge in [0, 0.05) is 32.9 Å². The molecule has 0 saturated carbocycles. The number of para-hydroxylation sites is 1. The maximum Gasteiger partial charge on any atom is 0.0645 e. The Hall–Kier alpha value is -7.94. The van der Waals surface area contributed by atoms with E-state index in [1.165, 1.54) is 0 Å². The van der Waals surface area contributed by atoms with E-state index >= 15 is 0 Å². The van der Waals surface area contributed by atoms with Crippen LogP contribution in [0.4, 0.5) is 0 Å². The Labute approximate surface area is 358 Å². The molecule has 0 aliphatic carbocycles. The highest BCUT2D eigenvalue weighted by atomic mass is 15.0. The van der Waals surface area contributed by atoms with Gasteiger partial charge in [-0.1, -0.05) is 170 Å². The molecular formula is C58H38N2. The van der Waals surface area contributed by atoms with Gasteiger partial charge in [-0.05, 0) is 116 Å².